The number of alkyl halides is 3. The van der Waals surface area contributed by atoms with E-state index in [-0.39, 0.29) is 24.4 Å². The Balaban J connectivity index is 1.34. The average molecular weight is 653 g/mol. The second-order valence-electron chi connectivity index (χ2n) is 9.49. The van der Waals surface area contributed by atoms with Crippen molar-refractivity contribution in [3.05, 3.63) is 116 Å². The third kappa shape index (κ3) is 6.27. The minimum Gasteiger partial charge on any atom is -0.391 e. The van der Waals surface area contributed by atoms with Gasteiger partial charge in [-0.3, -0.25) is 4.79 Å². The smallest absolute Gasteiger partial charge is 0.391 e. The number of fused-ring (bicyclic) bond motifs is 1. The maximum absolute atomic E-state index is 14.5. The molecule has 6 nitrogen and oxygen atoms in total. The summed E-state index contributed by atoms with van der Waals surface area (Å²) in [5.74, 6) is -1.48. The van der Waals surface area contributed by atoms with Gasteiger partial charge in [0.2, 0.25) is 0 Å². The molecule has 0 fully saturated rings. The van der Waals surface area contributed by atoms with E-state index in [0.29, 0.717) is 21.4 Å². The van der Waals surface area contributed by atoms with Gasteiger partial charge < -0.3 is 15.0 Å². The van der Waals surface area contributed by atoms with Gasteiger partial charge in [0, 0.05) is 28.1 Å². The average Bonchev–Trinajstić information content (AvgIpc) is 3.44. The van der Waals surface area contributed by atoms with Crippen LogP contribution in [-0.4, -0.2) is 30.6 Å². The van der Waals surface area contributed by atoms with Gasteiger partial charge in [0.05, 0.1) is 28.5 Å². The molecule has 4 aromatic rings. The SMILES string of the molecule is O=C(NC/C=N/OCc1cccc(Cl)c1)c1ccc(C2=NOC(c3cc(Cl)c(F)c(Cl)c3)(C(F)(F)F)C2)c2ccccc12. The molecule has 0 aliphatic carbocycles. The Morgan fingerprint density at radius 1 is 1.02 bits per heavy atom. The predicted molar refractivity (Wildman–Crippen MR) is 157 cm³/mol. The molecular weight excluding hydrogens is 633 g/mol. The highest BCUT2D eigenvalue weighted by molar-refractivity contribution is 6.35. The van der Waals surface area contributed by atoms with Crippen LogP contribution in [0.1, 0.15) is 33.5 Å². The van der Waals surface area contributed by atoms with E-state index in [1.807, 2.05) is 6.07 Å². The van der Waals surface area contributed by atoms with Crippen LogP contribution in [0, 0.1) is 5.82 Å². The molecular formula is C30H20Cl3F4N3O3. The van der Waals surface area contributed by atoms with Crippen molar-refractivity contribution < 1.29 is 32.0 Å². The molecule has 1 atom stereocenters. The third-order valence-corrected chi connectivity index (χ3v) is 7.52. The normalized spacial score (nSPS) is 16.8. The Kier molecular flexibility index (Phi) is 8.82. The molecule has 5 rings (SSSR count). The van der Waals surface area contributed by atoms with Gasteiger partial charge in [-0.15, -0.1) is 0 Å². The van der Waals surface area contributed by atoms with E-state index in [1.54, 1.807) is 42.5 Å². The molecule has 0 saturated heterocycles. The predicted octanol–water partition coefficient (Wildman–Crippen LogP) is 8.45. The fraction of sp³-hybridized carbons (Fsp3) is 0.167. The maximum Gasteiger partial charge on any atom is 0.435 e. The zero-order chi connectivity index (χ0) is 30.8. The zero-order valence-corrected chi connectivity index (χ0v) is 24.2. The number of halogens is 7. The van der Waals surface area contributed by atoms with Gasteiger partial charge in [0.25, 0.3) is 11.5 Å². The molecule has 0 bridgehead atoms. The standard InChI is InChI=1S/C30H20Cl3F4N3O3/c31-19-5-3-4-17(12-19)16-42-39-11-10-38-28(41)23-9-8-22(20-6-1-2-7-21(20)23)26-15-29(43-40-26,30(35,36)37)18-13-24(32)27(34)25(33)14-18/h1-9,11-14H,10,15-16H2,(H,38,41)/b39-11+. The molecule has 1 aliphatic rings. The van der Waals surface area contributed by atoms with E-state index >= 15 is 0 Å². The third-order valence-electron chi connectivity index (χ3n) is 6.74. The van der Waals surface area contributed by atoms with Crippen molar-refractivity contribution >= 4 is 63.4 Å². The number of rotatable bonds is 8. The molecule has 1 unspecified atom stereocenters. The number of carbonyl (C=O) groups excluding carboxylic acids is 1. The molecule has 0 aromatic heterocycles. The van der Waals surface area contributed by atoms with Gasteiger partial charge in [-0.1, -0.05) is 87.6 Å². The summed E-state index contributed by atoms with van der Waals surface area (Å²) in [5, 5.41) is 10.7. The number of nitrogens with zero attached hydrogens (tertiary/aromatic N) is 2. The summed E-state index contributed by atoms with van der Waals surface area (Å²) >= 11 is 17.5. The lowest BCUT2D eigenvalue weighted by Gasteiger charge is -2.29. The minimum atomic E-state index is -4.96. The fourth-order valence-corrected chi connectivity index (χ4v) is 5.35. The van der Waals surface area contributed by atoms with Crippen LogP contribution >= 0.6 is 34.8 Å². The van der Waals surface area contributed by atoms with E-state index in [4.69, 9.17) is 44.5 Å². The van der Waals surface area contributed by atoms with Crippen molar-refractivity contribution in [2.24, 2.45) is 10.3 Å². The number of hydrogen-bond donors (Lipinski definition) is 1. The highest BCUT2D eigenvalue weighted by Crippen LogP contribution is 2.50. The number of carbonyl (C=O) groups is 1. The molecule has 1 heterocycles. The quantitative estimate of drug-likeness (QED) is 0.0899. The van der Waals surface area contributed by atoms with Gasteiger partial charge in [-0.25, -0.2) is 4.39 Å². The van der Waals surface area contributed by atoms with Gasteiger partial charge >= 0.3 is 6.18 Å². The van der Waals surface area contributed by atoms with Crippen molar-refractivity contribution in [2.75, 3.05) is 6.54 Å². The Morgan fingerprint density at radius 2 is 1.74 bits per heavy atom. The lowest BCUT2D eigenvalue weighted by Crippen LogP contribution is -2.42. The van der Waals surface area contributed by atoms with E-state index in [1.165, 1.54) is 18.3 Å². The van der Waals surface area contributed by atoms with Crippen LogP contribution in [0.3, 0.4) is 0 Å². The van der Waals surface area contributed by atoms with Gasteiger partial charge in [0.15, 0.2) is 5.82 Å². The van der Waals surface area contributed by atoms with E-state index < -0.39 is 45.5 Å². The summed E-state index contributed by atoms with van der Waals surface area (Å²) < 4.78 is 57.4. The van der Waals surface area contributed by atoms with E-state index in [9.17, 15) is 22.4 Å². The van der Waals surface area contributed by atoms with Crippen molar-refractivity contribution in [3.8, 4) is 0 Å². The van der Waals surface area contributed by atoms with Crippen LogP contribution in [0.15, 0.2) is 83.1 Å². The number of nitrogens with one attached hydrogen (secondary N) is 1. The molecule has 1 N–H and O–H groups in total. The summed E-state index contributed by atoms with van der Waals surface area (Å²) in [6, 6.07) is 18.5. The Labute approximate surface area is 257 Å². The zero-order valence-electron chi connectivity index (χ0n) is 21.9. The Morgan fingerprint density at radius 3 is 2.44 bits per heavy atom. The molecule has 1 amide bonds. The molecule has 4 aromatic carbocycles. The number of oxime groups is 2. The second kappa shape index (κ2) is 12.4. The molecule has 43 heavy (non-hydrogen) atoms. The number of hydrogen-bond acceptors (Lipinski definition) is 5. The van der Waals surface area contributed by atoms with Crippen LogP contribution in [0.2, 0.25) is 15.1 Å². The topological polar surface area (TPSA) is 72.3 Å². The van der Waals surface area contributed by atoms with Crippen molar-refractivity contribution in [2.45, 2.75) is 24.8 Å². The van der Waals surface area contributed by atoms with Crippen LogP contribution in [0.25, 0.3) is 10.8 Å². The summed E-state index contributed by atoms with van der Waals surface area (Å²) in [5.41, 5.74) is -2.03. The Hall–Kier alpha value is -3.86. The Bertz CT molecular complexity index is 1740. The van der Waals surface area contributed by atoms with Crippen LogP contribution in [-0.2, 0) is 21.9 Å². The largest absolute Gasteiger partial charge is 0.435 e. The summed E-state index contributed by atoms with van der Waals surface area (Å²) in [7, 11) is 0. The first kappa shape index (κ1) is 30.6. The van der Waals surface area contributed by atoms with Crippen molar-refractivity contribution in [3.63, 3.8) is 0 Å². The molecule has 1 aliphatic heterocycles. The maximum atomic E-state index is 14.5. The number of benzene rings is 4. The summed E-state index contributed by atoms with van der Waals surface area (Å²) in [4.78, 5) is 23.3. The minimum absolute atomic E-state index is 0.0268. The molecule has 0 saturated carbocycles. The van der Waals surface area contributed by atoms with Crippen molar-refractivity contribution in [1.29, 1.82) is 0 Å². The van der Waals surface area contributed by atoms with Crippen LogP contribution in [0.5, 0.6) is 0 Å². The van der Waals surface area contributed by atoms with E-state index in [0.717, 1.165) is 17.7 Å². The first-order valence-electron chi connectivity index (χ1n) is 12.7. The summed E-state index contributed by atoms with van der Waals surface area (Å²) in [6.45, 7) is 0.253. The van der Waals surface area contributed by atoms with Crippen molar-refractivity contribution in [1.82, 2.24) is 5.32 Å². The lowest BCUT2D eigenvalue weighted by atomic mass is 9.85. The van der Waals surface area contributed by atoms with E-state index in [2.05, 4.69) is 15.6 Å². The molecule has 222 valence electrons. The molecule has 0 spiro atoms. The highest BCUT2D eigenvalue weighted by atomic mass is 35.5. The monoisotopic (exact) mass is 651 g/mol. The summed E-state index contributed by atoms with van der Waals surface area (Å²) in [6.07, 6.45) is -4.32. The lowest BCUT2D eigenvalue weighted by molar-refractivity contribution is -0.275. The number of amides is 1. The van der Waals surface area contributed by atoms with Gasteiger partial charge in [-0.2, -0.15) is 13.2 Å². The van der Waals surface area contributed by atoms with Crippen LogP contribution in [0.4, 0.5) is 17.6 Å². The molecule has 13 heteroatoms. The van der Waals surface area contributed by atoms with Gasteiger partial charge in [0.1, 0.15) is 6.61 Å². The highest BCUT2D eigenvalue weighted by Gasteiger charge is 2.62. The first-order valence-corrected chi connectivity index (χ1v) is 13.8. The molecule has 0 radical (unpaired) electrons. The van der Waals surface area contributed by atoms with Gasteiger partial charge in [-0.05, 0) is 46.7 Å². The fourth-order valence-electron chi connectivity index (χ4n) is 4.65. The first-order chi connectivity index (χ1) is 20.5. The second-order valence-corrected chi connectivity index (χ2v) is 10.7. The van der Waals surface area contributed by atoms with Crippen LogP contribution < -0.4 is 5.32 Å².